The zero-order valence-electron chi connectivity index (χ0n) is 22.3. The van der Waals surface area contributed by atoms with Crippen LogP contribution in [-0.4, -0.2) is 52.2 Å². The maximum Gasteiger partial charge on any atom is 0.163 e. The van der Waals surface area contributed by atoms with Gasteiger partial charge in [0.15, 0.2) is 17.3 Å². The van der Waals surface area contributed by atoms with Gasteiger partial charge in [-0.25, -0.2) is 0 Å². The van der Waals surface area contributed by atoms with Gasteiger partial charge in [0, 0.05) is 18.2 Å². The predicted molar refractivity (Wildman–Crippen MR) is 159 cm³/mol. The second-order valence-corrected chi connectivity index (χ2v) is 10.4. The second-order valence-electron chi connectivity index (χ2n) is 9.55. The zero-order chi connectivity index (χ0) is 26.7. The number of anilines is 1. The number of benzene rings is 2. The Morgan fingerprint density at radius 3 is 2.42 bits per heavy atom. The number of nitrogens with one attached hydrogen (secondary N) is 1. The minimum Gasteiger partial charge on any atom is -0.505 e. The van der Waals surface area contributed by atoms with Gasteiger partial charge in [-0.1, -0.05) is 49.5 Å². The minimum atomic E-state index is -0.640. The summed E-state index contributed by atoms with van der Waals surface area (Å²) in [6, 6.07) is 9.37. The molecule has 9 heteroatoms. The van der Waals surface area contributed by atoms with Crippen molar-refractivity contribution in [2.45, 2.75) is 65.1 Å². The van der Waals surface area contributed by atoms with E-state index in [0.717, 1.165) is 66.5 Å². The van der Waals surface area contributed by atoms with Crippen molar-refractivity contribution >= 4 is 58.0 Å². The third-order valence-corrected chi connectivity index (χ3v) is 7.98. The third kappa shape index (κ3) is 5.90. The Hall–Kier alpha value is -2.09. The fourth-order valence-electron chi connectivity index (χ4n) is 5.59. The summed E-state index contributed by atoms with van der Waals surface area (Å²) >= 11 is 12.4. The molecule has 0 saturated heterocycles. The van der Waals surface area contributed by atoms with E-state index in [1.54, 1.807) is 25.3 Å². The average Bonchev–Trinajstić information content (AvgIpc) is 2.88. The topological polar surface area (TPSA) is 74.7 Å². The lowest BCUT2D eigenvalue weighted by atomic mass is 9.84. The highest BCUT2D eigenvalue weighted by molar-refractivity contribution is 6.37. The summed E-state index contributed by atoms with van der Waals surface area (Å²) in [6.07, 6.45) is 5.69. The van der Waals surface area contributed by atoms with Crippen LogP contribution in [0.4, 0.5) is 5.69 Å². The van der Waals surface area contributed by atoms with Crippen molar-refractivity contribution in [2.24, 2.45) is 0 Å². The summed E-state index contributed by atoms with van der Waals surface area (Å²) in [4.78, 5) is 19.9. The number of nitrogens with zero attached hydrogens (tertiary/aromatic N) is 2. The van der Waals surface area contributed by atoms with Crippen molar-refractivity contribution in [2.75, 3.05) is 25.0 Å². The predicted octanol–water partition coefficient (Wildman–Crippen LogP) is 7.97. The van der Waals surface area contributed by atoms with Crippen LogP contribution >= 0.6 is 35.6 Å². The van der Waals surface area contributed by atoms with E-state index in [-0.39, 0.29) is 40.0 Å². The molecule has 1 aliphatic rings. The van der Waals surface area contributed by atoms with E-state index in [9.17, 15) is 9.90 Å². The summed E-state index contributed by atoms with van der Waals surface area (Å²) < 4.78 is 6.57. The van der Waals surface area contributed by atoms with Gasteiger partial charge in [-0.3, -0.25) is 14.7 Å². The molecule has 2 unspecified atom stereocenters. The fourth-order valence-corrected chi connectivity index (χ4v) is 6.08. The number of likely N-dealkylation sites (N-methyl/N-ethyl adjacent to an activating group) is 1. The molecule has 1 aromatic heterocycles. The van der Waals surface area contributed by atoms with E-state index in [2.05, 4.69) is 29.0 Å². The summed E-state index contributed by atoms with van der Waals surface area (Å²) in [7, 11) is 0. The van der Waals surface area contributed by atoms with Crippen LogP contribution in [0.3, 0.4) is 0 Å². The molecule has 1 fully saturated rings. The number of rotatable bonds is 9. The van der Waals surface area contributed by atoms with Crippen LogP contribution in [-0.2, 0) is 4.74 Å². The number of carbonyl (C=O) groups is 1. The Morgan fingerprint density at radius 2 is 1.82 bits per heavy atom. The third-order valence-electron chi connectivity index (χ3n) is 7.40. The number of hydrogen-bond acceptors (Lipinski definition) is 6. The highest BCUT2D eigenvalue weighted by Crippen LogP contribution is 2.41. The maximum atomic E-state index is 12.8. The number of Topliss-reactive ketones (excluding diaryl/α,β-unsaturated/α-hetero) is 1. The summed E-state index contributed by atoms with van der Waals surface area (Å²) in [5.41, 5.74) is 2.97. The van der Waals surface area contributed by atoms with Gasteiger partial charge in [0.05, 0.1) is 32.9 Å². The number of fused-ring (bicyclic) bond motifs is 1. The maximum absolute atomic E-state index is 12.8. The van der Waals surface area contributed by atoms with Gasteiger partial charge in [0.2, 0.25) is 0 Å². The lowest BCUT2D eigenvalue weighted by Crippen LogP contribution is -2.60. The second kappa shape index (κ2) is 12.8. The number of hydrogen-bond donors (Lipinski definition) is 2. The van der Waals surface area contributed by atoms with Crippen molar-refractivity contribution < 1.29 is 14.6 Å². The Balaban J connectivity index is 0.00000400. The Bertz CT molecular complexity index is 1270. The Morgan fingerprint density at radius 1 is 1.13 bits per heavy atom. The summed E-state index contributed by atoms with van der Waals surface area (Å²) in [5, 5.41) is 15.0. The number of halogens is 3. The highest BCUT2D eigenvalue weighted by Gasteiger charge is 2.44. The number of pyridine rings is 1. The molecule has 4 rings (SSSR count). The van der Waals surface area contributed by atoms with Crippen LogP contribution in [0, 0.1) is 0 Å². The van der Waals surface area contributed by atoms with E-state index in [0.29, 0.717) is 12.2 Å². The van der Waals surface area contributed by atoms with Crippen molar-refractivity contribution in [3.05, 3.63) is 52.1 Å². The van der Waals surface area contributed by atoms with Crippen molar-refractivity contribution in [1.82, 2.24) is 9.88 Å². The largest absolute Gasteiger partial charge is 0.505 e. The van der Waals surface area contributed by atoms with E-state index in [1.165, 1.54) is 0 Å². The van der Waals surface area contributed by atoms with Gasteiger partial charge < -0.3 is 15.2 Å². The molecule has 0 amide bonds. The van der Waals surface area contributed by atoms with Crippen molar-refractivity contribution in [1.29, 1.82) is 0 Å². The van der Waals surface area contributed by atoms with Crippen molar-refractivity contribution in [3.63, 3.8) is 0 Å². The molecule has 38 heavy (non-hydrogen) atoms. The number of aromatic nitrogens is 1. The molecule has 206 valence electrons. The molecule has 0 bridgehead atoms. The fraction of sp³-hybridized carbons (Fsp3) is 0.448. The molecule has 1 heterocycles. The molecule has 1 saturated carbocycles. The first-order valence-electron chi connectivity index (χ1n) is 13.0. The molecule has 2 N–H and O–H groups in total. The SMILES string of the molecule is CCOC1(Nc2c(C(C)=O)cnc3ccc(-c4cc(Cl)c(O)c(Cl)c4)cc23)CCCCC1N(CC)CC.Cl. The lowest BCUT2D eigenvalue weighted by molar-refractivity contribution is -0.0987. The quantitative estimate of drug-likeness (QED) is 0.197. The molecule has 0 radical (unpaired) electrons. The number of ketones is 1. The van der Waals surface area contributed by atoms with Gasteiger partial charge >= 0.3 is 0 Å². The first-order chi connectivity index (χ1) is 17.7. The van der Waals surface area contributed by atoms with Crippen LogP contribution in [0.5, 0.6) is 5.75 Å². The normalized spacial score (nSPS) is 19.4. The van der Waals surface area contributed by atoms with E-state index < -0.39 is 5.72 Å². The summed E-state index contributed by atoms with van der Waals surface area (Å²) in [5.74, 6) is -0.214. The minimum absolute atomic E-state index is 0. The number of aromatic hydroxyl groups is 1. The molecule has 6 nitrogen and oxygen atoms in total. The van der Waals surface area contributed by atoms with E-state index in [1.807, 2.05) is 25.1 Å². The van der Waals surface area contributed by atoms with Gasteiger partial charge in [0.25, 0.3) is 0 Å². The van der Waals surface area contributed by atoms with Gasteiger partial charge in [-0.15, -0.1) is 12.4 Å². The zero-order valence-corrected chi connectivity index (χ0v) is 24.6. The van der Waals surface area contributed by atoms with Crippen LogP contribution < -0.4 is 5.32 Å². The number of ether oxygens (including phenoxy) is 1. The molecular weight excluding hydrogens is 545 g/mol. The number of carbonyl (C=O) groups excluding carboxylic acids is 1. The standard InChI is InChI=1S/C29H35Cl2N3O3.ClH/c1-5-34(6-2)26-10-8-9-13-29(26,37-7-3)33-27-21-14-19(20-15-23(30)28(36)24(31)16-20)11-12-25(21)32-17-22(27)18(4)35;/h11-12,14-17,26,36H,5-10,13H2,1-4H3,(H,32,33);1H. The molecular formula is C29H36Cl3N3O3. The first-order valence-corrected chi connectivity index (χ1v) is 13.8. The van der Waals surface area contributed by atoms with Crippen LogP contribution in [0.1, 0.15) is 63.7 Å². The van der Waals surface area contributed by atoms with E-state index in [4.69, 9.17) is 27.9 Å². The van der Waals surface area contributed by atoms with Crippen LogP contribution in [0.15, 0.2) is 36.5 Å². The van der Waals surface area contributed by atoms with Gasteiger partial charge in [-0.05, 0) is 81.6 Å². The summed E-state index contributed by atoms with van der Waals surface area (Å²) in [6.45, 7) is 10.3. The van der Waals surface area contributed by atoms with E-state index >= 15 is 0 Å². The highest BCUT2D eigenvalue weighted by atomic mass is 35.5. The molecule has 1 aliphatic carbocycles. The Kier molecular flexibility index (Phi) is 10.3. The molecule has 3 aromatic rings. The monoisotopic (exact) mass is 579 g/mol. The van der Waals surface area contributed by atoms with Gasteiger partial charge in [-0.2, -0.15) is 0 Å². The number of phenols is 1. The van der Waals surface area contributed by atoms with Crippen LogP contribution in [0.25, 0.3) is 22.0 Å². The average molecular weight is 581 g/mol. The molecule has 2 aromatic carbocycles. The lowest BCUT2D eigenvalue weighted by Gasteiger charge is -2.49. The molecule has 0 aliphatic heterocycles. The first kappa shape index (κ1) is 30.5. The van der Waals surface area contributed by atoms with Crippen molar-refractivity contribution in [3.8, 4) is 16.9 Å². The Labute approximate surface area is 241 Å². The number of phenolic OH excluding ortho intramolecular Hbond substituents is 1. The smallest absolute Gasteiger partial charge is 0.163 e. The molecule has 2 atom stereocenters. The molecule has 0 spiro atoms. The van der Waals surface area contributed by atoms with Gasteiger partial charge in [0.1, 0.15) is 0 Å². The van der Waals surface area contributed by atoms with Crippen LogP contribution in [0.2, 0.25) is 10.0 Å².